The molecule has 38 heavy (non-hydrogen) atoms. The molecule has 6 nitrogen and oxygen atoms in total. The average molecular weight is 501 g/mol. The number of fused-ring (bicyclic) bond motifs is 1. The molecule has 6 heteroatoms. The normalized spacial score (nSPS) is 15.0. The minimum absolute atomic E-state index is 0.0988. The van der Waals surface area contributed by atoms with E-state index in [1.807, 2.05) is 53.5 Å². The van der Waals surface area contributed by atoms with Crippen molar-refractivity contribution in [2.24, 2.45) is 5.10 Å². The Labute approximate surface area is 222 Å². The number of ether oxygens (including phenoxy) is 2. The first-order valence-electron chi connectivity index (χ1n) is 12.6. The molecule has 0 saturated carbocycles. The zero-order valence-electron chi connectivity index (χ0n) is 21.6. The van der Waals surface area contributed by atoms with Gasteiger partial charge in [-0.3, -0.25) is 0 Å². The molecule has 0 spiro atoms. The highest BCUT2D eigenvalue weighted by molar-refractivity contribution is 6.03. The molecule has 0 aliphatic carbocycles. The van der Waals surface area contributed by atoms with Crippen LogP contribution in [0.25, 0.3) is 22.2 Å². The number of hydrogen-bond donors (Lipinski definition) is 0. The highest BCUT2D eigenvalue weighted by Gasteiger charge is 2.32. The molecule has 4 aromatic carbocycles. The summed E-state index contributed by atoms with van der Waals surface area (Å²) < 4.78 is 11.0. The van der Waals surface area contributed by atoms with Crippen molar-refractivity contribution in [1.82, 2.24) is 9.97 Å². The maximum atomic E-state index is 5.54. The van der Waals surface area contributed by atoms with Crippen LogP contribution in [-0.4, -0.2) is 29.9 Å². The Morgan fingerprint density at radius 1 is 0.737 bits per heavy atom. The van der Waals surface area contributed by atoms with Crippen LogP contribution in [0.5, 0.6) is 11.5 Å². The van der Waals surface area contributed by atoms with Gasteiger partial charge in [-0.1, -0.05) is 72.3 Å². The minimum atomic E-state index is -0.0988. The Balaban J connectivity index is 1.52. The van der Waals surface area contributed by atoms with E-state index in [0.29, 0.717) is 12.4 Å². The van der Waals surface area contributed by atoms with E-state index in [4.69, 9.17) is 24.5 Å². The zero-order valence-corrected chi connectivity index (χ0v) is 21.6. The van der Waals surface area contributed by atoms with Crippen molar-refractivity contribution in [2.45, 2.75) is 19.4 Å². The molecular formula is C32H28N4O2. The summed E-state index contributed by atoms with van der Waals surface area (Å²) in [6, 6.07) is 32.6. The molecule has 2 heterocycles. The van der Waals surface area contributed by atoms with Gasteiger partial charge in [0.05, 0.1) is 37.2 Å². The predicted octanol–water partition coefficient (Wildman–Crippen LogP) is 6.98. The van der Waals surface area contributed by atoms with Gasteiger partial charge in [-0.2, -0.15) is 5.10 Å². The first kappa shape index (κ1) is 23.7. The van der Waals surface area contributed by atoms with Crippen LogP contribution in [0, 0.1) is 6.92 Å². The van der Waals surface area contributed by atoms with Gasteiger partial charge < -0.3 is 9.47 Å². The van der Waals surface area contributed by atoms with E-state index < -0.39 is 0 Å². The Hall–Kier alpha value is -4.71. The standard InChI is InChI=1S/C32H28N4O2/c1-21-14-16-22(17-15-21)31-27-12-4-5-13-28(27)33-32(34-31)36-30(24-9-7-11-26(19-24)38-3)20-29(35-36)23-8-6-10-25(18-23)37-2/h4-19,30H,20H2,1-3H3. The second kappa shape index (κ2) is 9.98. The van der Waals surface area contributed by atoms with Crippen LogP contribution in [0.4, 0.5) is 5.95 Å². The van der Waals surface area contributed by atoms with Crippen LogP contribution in [0.1, 0.15) is 29.2 Å². The average Bonchev–Trinajstić information content (AvgIpc) is 3.43. The lowest BCUT2D eigenvalue weighted by Gasteiger charge is -2.23. The molecule has 188 valence electrons. The third-order valence-electron chi connectivity index (χ3n) is 6.91. The van der Waals surface area contributed by atoms with Gasteiger partial charge in [-0.15, -0.1) is 0 Å². The number of hydrazone groups is 1. The molecule has 0 N–H and O–H groups in total. The number of anilines is 1. The molecule has 5 aromatic rings. The summed E-state index contributed by atoms with van der Waals surface area (Å²) in [5, 5.41) is 8.06. The molecule has 0 fully saturated rings. The third-order valence-corrected chi connectivity index (χ3v) is 6.91. The lowest BCUT2D eigenvalue weighted by molar-refractivity contribution is 0.413. The van der Waals surface area contributed by atoms with Crippen molar-refractivity contribution < 1.29 is 9.47 Å². The van der Waals surface area contributed by atoms with Crippen LogP contribution in [0.15, 0.2) is 102 Å². The summed E-state index contributed by atoms with van der Waals surface area (Å²) in [6.07, 6.45) is 0.691. The van der Waals surface area contributed by atoms with Crippen LogP contribution in [0.2, 0.25) is 0 Å². The molecule has 1 unspecified atom stereocenters. The van der Waals surface area contributed by atoms with Gasteiger partial charge in [-0.25, -0.2) is 15.0 Å². The number of rotatable bonds is 6. The number of aromatic nitrogens is 2. The number of nitrogens with zero attached hydrogens (tertiary/aromatic N) is 4. The molecule has 1 aromatic heterocycles. The summed E-state index contributed by atoms with van der Waals surface area (Å²) in [7, 11) is 3.36. The van der Waals surface area contributed by atoms with E-state index in [2.05, 4.69) is 55.5 Å². The maximum Gasteiger partial charge on any atom is 0.247 e. The maximum absolute atomic E-state index is 5.54. The number of benzene rings is 4. The van der Waals surface area contributed by atoms with Gasteiger partial charge in [0, 0.05) is 22.9 Å². The fourth-order valence-electron chi connectivity index (χ4n) is 4.88. The fourth-order valence-corrected chi connectivity index (χ4v) is 4.88. The summed E-state index contributed by atoms with van der Waals surface area (Å²) in [4.78, 5) is 10.1. The highest BCUT2D eigenvalue weighted by Crippen LogP contribution is 2.38. The number of hydrogen-bond acceptors (Lipinski definition) is 6. The van der Waals surface area contributed by atoms with E-state index in [1.54, 1.807) is 14.2 Å². The van der Waals surface area contributed by atoms with Gasteiger partial charge in [-0.05, 0) is 42.8 Å². The SMILES string of the molecule is COc1cccc(C2=NN(c3nc(-c4ccc(C)cc4)c4ccccc4n3)C(c3cccc(OC)c3)C2)c1. The monoisotopic (exact) mass is 500 g/mol. The van der Waals surface area contributed by atoms with Crippen molar-refractivity contribution in [1.29, 1.82) is 0 Å². The summed E-state index contributed by atoms with van der Waals surface area (Å²) >= 11 is 0. The second-order valence-electron chi connectivity index (χ2n) is 9.38. The van der Waals surface area contributed by atoms with Crippen molar-refractivity contribution in [2.75, 3.05) is 19.2 Å². The molecule has 0 saturated heterocycles. The molecule has 1 aliphatic heterocycles. The smallest absolute Gasteiger partial charge is 0.247 e. The molecule has 0 amide bonds. The van der Waals surface area contributed by atoms with Gasteiger partial charge in [0.1, 0.15) is 11.5 Å². The predicted molar refractivity (Wildman–Crippen MR) is 152 cm³/mol. The topological polar surface area (TPSA) is 59.8 Å². The highest BCUT2D eigenvalue weighted by atomic mass is 16.5. The van der Waals surface area contributed by atoms with Crippen molar-refractivity contribution in [3.8, 4) is 22.8 Å². The molecule has 1 aliphatic rings. The van der Waals surface area contributed by atoms with Crippen molar-refractivity contribution in [3.63, 3.8) is 0 Å². The van der Waals surface area contributed by atoms with Crippen LogP contribution in [0.3, 0.4) is 0 Å². The molecule has 0 radical (unpaired) electrons. The van der Waals surface area contributed by atoms with Gasteiger partial charge in [0.2, 0.25) is 5.95 Å². The van der Waals surface area contributed by atoms with E-state index in [9.17, 15) is 0 Å². The second-order valence-corrected chi connectivity index (χ2v) is 9.38. The quantitative estimate of drug-likeness (QED) is 0.252. The third kappa shape index (κ3) is 4.45. The van der Waals surface area contributed by atoms with Crippen molar-refractivity contribution in [3.05, 3.63) is 114 Å². The number of aryl methyl sites for hydroxylation is 1. The number of para-hydroxylation sites is 1. The molecule has 1 atom stereocenters. The fraction of sp³-hybridized carbons (Fsp3) is 0.156. The van der Waals surface area contributed by atoms with E-state index >= 15 is 0 Å². The van der Waals surface area contributed by atoms with E-state index in [-0.39, 0.29) is 6.04 Å². The van der Waals surface area contributed by atoms with E-state index in [1.165, 1.54) is 5.56 Å². The van der Waals surface area contributed by atoms with Crippen LogP contribution < -0.4 is 14.5 Å². The Bertz CT molecular complexity index is 1650. The van der Waals surface area contributed by atoms with Crippen LogP contribution in [-0.2, 0) is 0 Å². The summed E-state index contributed by atoms with van der Waals surface area (Å²) in [5.74, 6) is 2.16. The Morgan fingerprint density at radius 3 is 2.26 bits per heavy atom. The largest absolute Gasteiger partial charge is 0.497 e. The van der Waals surface area contributed by atoms with Gasteiger partial charge in [0.15, 0.2) is 0 Å². The zero-order chi connectivity index (χ0) is 26.1. The molecule has 6 rings (SSSR count). The summed E-state index contributed by atoms with van der Waals surface area (Å²) in [5.41, 5.74) is 7.06. The minimum Gasteiger partial charge on any atom is -0.497 e. The summed E-state index contributed by atoms with van der Waals surface area (Å²) in [6.45, 7) is 2.09. The molecular weight excluding hydrogens is 472 g/mol. The lowest BCUT2D eigenvalue weighted by Crippen LogP contribution is -2.21. The van der Waals surface area contributed by atoms with Crippen molar-refractivity contribution >= 4 is 22.6 Å². The Morgan fingerprint density at radius 2 is 1.47 bits per heavy atom. The van der Waals surface area contributed by atoms with E-state index in [0.717, 1.165) is 50.5 Å². The van der Waals surface area contributed by atoms with Gasteiger partial charge >= 0.3 is 0 Å². The number of methoxy groups -OCH3 is 2. The van der Waals surface area contributed by atoms with Crippen LogP contribution >= 0.6 is 0 Å². The van der Waals surface area contributed by atoms with Gasteiger partial charge in [0.25, 0.3) is 0 Å². The first-order valence-corrected chi connectivity index (χ1v) is 12.6. The first-order chi connectivity index (χ1) is 18.6. The Kier molecular flexibility index (Phi) is 6.22. The molecule has 0 bridgehead atoms. The lowest BCUT2D eigenvalue weighted by atomic mass is 9.98.